The summed E-state index contributed by atoms with van der Waals surface area (Å²) in [5, 5.41) is 0.0317. The van der Waals surface area contributed by atoms with Gasteiger partial charge in [0.05, 0.1) is 6.26 Å². The van der Waals surface area contributed by atoms with Crippen molar-refractivity contribution in [2.24, 2.45) is 5.92 Å². The molecule has 19 heavy (non-hydrogen) atoms. The molecule has 0 spiro atoms. The molecular formula is C13H30O4SSi. The predicted molar refractivity (Wildman–Crippen MR) is 82.1 cm³/mol. The highest BCUT2D eigenvalue weighted by Gasteiger charge is 2.40. The van der Waals surface area contributed by atoms with E-state index in [2.05, 4.69) is 47.7 Å². The second-order valence-corrected chi connectivity index (χ2v) is 13.4. The minimum Gasteiger partial charge on any atom is -0.391 e. The van der Waals surface area contributed by atoms with Crippen LogP contribution in [0.1, 0.15) is 47.5 Å². The fraction of sp³-hybridized carbons (Fsp3) is 1.00. The summed E-state index contributed by atoms with van der Waals surface area (Å²) >= 11 is 0. The van der Waals surface area contributed by atoms with Gasteiger partial charge >= 0.3 is 0 Å². The molecule has 0 rings (SSSR count). The summed E-state index contributed by atoms with van der Waals surface area (Å²) < 4.78 is 33.8. The van der Waals surface area contributed by atoms with Crippen LogP contribution in [0.3, 0.4) is 0 Å². The van der Waals surface area contributed by atoms with Crippen LogP contribution in [0, 0.1) is 5.92 Å². The number of hydrogen-bond acceptors (Lipinski definition) is 4. The summed E-state index contributed by atoms with van der Waals surface area (Å²) in [7, 11) is -5.52. The molecule has 0 N–H and O–H groups in total. The van der Waals surface area contributed by atoms with E-state index in [1.165, 1.54) is 0 Å². The monoisotopic (exact) mass is 310 g/mol. The molecule has 1 atom stereocenters. The third kappa shape index (κ3) is 8.07. The van der Waals surface area contributed by atoms with Gasteiger partial charge in [-0.15, -0.1) is 0 Å². The second-order valence-electron chi connectivity index (χ2n) is 7.08. The van der Waals surface area contributed by atoms with Gasteiger partial charge in [0.1, 0.15) is 0 Å². The Balaban J connectivity index is 4.85. The lowest BCUT2D eigenvalue weighted by molar-refractivity contribution is -0.00930. The Kier molecular flexibility index (Phi) is 6.72. The molecule has 0 aliphatic carbocycles. The van der Waals surface area contributed by atoms with Crippen molar-refractivity contribution in [3.63, 3.8) is 0 Å². The van der Waals surface area contributed by atoms with E-state index in [4.69, 9.17) is 8.61 Å². The van der Waals surface area contributed by atoms with Crippen molar-refractivity contribution < 1.29 is 17.0 Å². The molecule has 0 aliphatic heterocycles. The number of rotatable bonds is 7. The van der Waals surface area contributed by atoms with Gasteiger partial charge in [-0.2, -0.15) is 8.42 Å². The van der Waals surface area contributed by atoms with Crippen molar-refractivity contribution in [3.05, 3.63) is 0 Å². The highest BCUT2D eigenvalue weighted by atomic mass is 32.2. The summed E-state index contributed by atoms with van der Waals surface area (Å²) in [6.45, 7) is 14.8. The average Bonchev–Trinajstić information content (AvgIpc) is 2.09. The zero-order chi connectivity index (χ0) is 15.5. The van der Waals surface area contributed by atoms with E-state index >= 15 is 0 Å². The van der Waals surface area contributed by atoms with Gasteiger partial charge in [-0.25, -0.2) is 4.18 Å². The Morgan fingerprint density at radius 1 is 1.11 bits per heavy atom. The molecule has 0 saturated heterocycles. The van der Waals surface area contributed by atoms with Gasteiger partial charge in [0.2, 0.25) is 0 Å². The Labute approximate surface area is 120 Å². The fourth-order valence-corrected chi connectivity index (χ4v) is 3.07. The van der Waals surface area contributed by atoms with Crippen LogP contribution in [-0.2, 0) is 18.7 Å². The topological polar surface area (TPSA) is 52.6 Å². The van der Waals surface area contributed by atoms with E-state index < -0.39 is 24.7 Å². The minimum atomic E-state index is -3.49. The van der Waals surface area contributed by atoms with Crippen molar-refractivity contribution in [3.8, 4) is 0 Å². The zero-order valence-electron chi connectivity index (χ0n) is 13.6. The van der Waals surface area contributed by atoms with Crippen LogP contribution in [0.15, 0.2) is 0 Å². The van der Waals surface area contributed by atoms with E-state index in [0.717, 1.165) is 12.7 Å². The van der Waals surface area contributed by atoms with Crippen molar-refractivity contribution in [2.75, 3.05) is 6.26 Å². The molecule has 0 fully saturated rings. The van der Waals surface area contributed by atoms with Crippen molar-refractivity contribution in [1.29, 1.82) is 0 Å². The second kappa shape index (κ2) is 6.69. The van der Waals surface area contributed by atoms with Crippen LogP contribution in [0.4, 0.5) is 0 Å². The summed E-state index contributed by atoms with van der Waals surface area (Å²) in [6.07, 6.45) is 1.91. The molecule has 6 heteroatoms. The molecule has 0 heterocycles. The van der Waals surface area contributed by atoms with Gasteiger partial charge < -0.3 is 4.43 Å². The van der Waals surface area contributed by atoms with Crippen LogP contribution >= 0.6 is 0 Å². The maximum absolute atomic E-state index is 11.3. The van der Waals surface area contributed by atoms with Crippen LogP contribution < -0.4 is 0 Å². The number of hydrogen-bond donors (Lipinski definition) is 0. The first-order valence-corrected chi connectivity index (χ1v) is 11.5. The van der Waals surface area contributed by atoms with Gasteiger partial charge in [-0.1, -0.05) is 34.6 Å². The lowest BCUT2D eigenvalue weighted by Gasteiger charge is -2.38. The van der Waals surface area contributed by atoms with E-state index in [1.54, 1.807) is 0 Å². The Hall–Kier alpha value is 0.0869. The third-order valence-corrected chi connectivity index (χ3v) is 8.52. The SMILES string of the molecule is CC(C)CCC(O[Si](C)(C)C(C)(C)C)OS(C)(=O)=O. The molecule has 0 aromatic heterocycles. The van der Waals surface area contributed by atoms with Gasteiger partial charge in [0.15, 0.2) is 14.6 Å². The first kappa shape index (κ1) is 19.1. The quantitative estimate of drug-likeness (QED) is 0.408. The van der Waals surface area contributed by atoms with Gasteiger partial charge in [-0.05, 0) is 36.9 Å². The lowest BCUT2D eigenvalue weighted by atomic mass is 10.1. The standard InChI is InChI=1S/C13H30O4SSi/c1-11(2)9-10-12(16-18(6,14)15)17-19(7,8)13(3,4)5/h11-12H,9-10H2,1-8H3. The average molecular weight is 311 g/mol. The molecule has 0 amide bonds. The highest BCUT2D eigenvalue weighted by Crippen LogP contribution is 2.38. The third-order valence-electron chi connectivity index (χ3n) is 3.49. The first-order chi connectivity index (χ1) is 8.24. The van der Waals surface area contributed by atoms with Gasteiger partial charge in [-0.3, -0.25) is 0 Å². The van der Waals surface area contributed by atoms with Crippen molar-refractivity contribution >= 4 is 18.4 Å². The molecule has 116 valence electrons. The maximum atomic E-state index is 11.3. The Morgan fingerprint density at radius 2 is 1.58 bits per heavy atom. The van der Waals surface area contributed by atoms with Crippen LogP contribution in [-0.4, -0.2) is 29.3 Å². The van der Waals surface area contributed by atoms with E-state index in [1.807, 2.05) is 0 Å². The molecule has 0 aromatic rings. The molecular weight excluding hydrogens is 280 g/mol. The molecule has 0 radical (unpaired) electrons. The van der Waals surface area contributed by atoms with Crippen LogP contribution in [0.2, 0.25) is 18.1 Å². The van der Waals surface area contributed by atoms with E-state index in [9.17, 15) is 8.42 Å². The highest BCUT2D eigenvalue weighted by molar-refractivity contribution is 7.86. The van der Waals surface area contributed by atoms with Gasteiger partial charge in [0.25, 0.3) is 10.1 Å². The smallest absolute Gasteiger partial charge is 0.266 e. The summed E-state index contributed by atoms with van der Waals surface area (Å²) in [5.41, 5.74) is 0. The molecule has 0 aliphatic rings. The van der Waals surface area contributed by atoms with E-state index in [0.29, 0.717) is 12.3 Å². The predicted octanol–water partition coefficient (Wildman–Crippen LogP) is 3.75. The maximum Gasteiger partial charge on any atom is 0.266 e. The fourth-order valence-electron chi connectivity index (χ4n) is 1.30. The molecule has 0 bridgehead atoms. The lowest BCUT2D eigenvalue weighted by Crippen LogP contribution is -2.45. The molecule has 0 aromatic carbocycles. The van der Waals surface area contributed by atoms with Gasteiger partial charge in [0, 0.05) is 0 Å². The summed E-state index contributed by atoms with van der Waals surface area (Å²) in [4.78, 5) is 0. The van der Waals surface area contributed by atoms with Crippen molar-refractivity contribution in [1.82, 2.24) is 0 Å². The first-order valence-electron chi connectivity index (χ1n) is 6.80. The van der Waals surface area contributed by atoms with Crippen LogP contribution in [0.25, 0.3) is 0 Å². The van der Waals surface area contributed by atoms with Crippen LogP contribution in [0.5, 0.6) is 0 Å². The van der Waals surface area contributed by atoms with Crippen molar-refractivity contribution in [2.45, 2.75) is 71.9 Å². The Bertz CT molecular complexity index is 369. The Morgan fingerprint density at radius 3 is 1.89 bits per heavy atom. The normalized spacial score (nSPS) is 15.8. The minimum absolute atomic E-state index is 0.0317. The zero-order valence-corrected chi connectivity index (χ0v) is 15.4. The summed E-state index contributed by atoms with van der Waals surface area (Å²) in [5.74, 6) is 0.494. The van der Waals surface area contributed by atoms with E-state index in [-0.39, 0.29) is 5.04 Å². The largest absolute Gasteiger partial charge is 0.391 e. The molecule has 0 saturated carbocycles. The molecule has 4 nitrogen and oxygen atoms in total. The molecule has 1 unspecified atom stereocenters. The summed E-state index contributed by atoms with van der Waals surface area (Å²) in [6, 6.07) is 0.